The molecule has 1 aliphatic rings. The number of hydrogen-bond acceptors (Lipinski definition) is 4. The second-order valence-electron chi connectivity index (χ2n) is 11.3. The van der Waals surface area contributed by atoms with Gasteiger partial charge in [-0.1, -0.05) is 66.7 Å². The van der Waals surface area contributed by atoms with Crippen molar-refractivity contribution in [3.05, 3.63) is 114 Å². The summed E-state index contributed by atoms with van der Waals surface area (Å²) in [5, 5.41) is 2.10. The summed E-state index contributed by atoms with van der Waals surface area (Å²) in [5.41, 5.74) is 2.35. The number of likely N-dealkylation sites (tertiary alicyclic amines) is 1. The lowest BCUT2D eigenvalue weighted by atomic mass is 9.87. The second kappa shape index (κ2) is 12.1. The molecule has 1 saturated heterocycles. The minimum Gasteiger partial charge on any atom is -0.488 e. The first kappa shape index (κ1) is 27.7. The van der Waals surface area contributed by atoms with E-state index in [1.165, 1.54) is 6.07 Å². The SMILES string of the molecule is CC(C)(C)OC(=O)N1CCC(c2cccc(F)c2)C(OCc2cc(OCc3ccccc3)c3ccccc3c2)C1. The molecule has 5 nitrogen and oxygen atoms in total. The largest absolute Gasteiger partial charge is 0.488 e. The third kappa shape index (κ3) is 6.99. The third-order valence-corrected chi connectivity index (χ3v) is 7.07. The van der Waals surface area contributed by atoms with Crippen molar-refractivity contribution in [3.8, 4) is 5.75 Å². The molecular formula is C34H36FNO4. The summed E-state index contributed by atoms with van der Waals surface area (Å²) in [7, 11) is 0. The highest BCUT2D eigenvalue weighted by atomic mass is 19.1. The summed E-state index contributed by atoms with van der Waals surface area (Å²) >= 11 is 0. The average Bonchev–Trinajstić information content (AvgIpc) is 2.94. The molecule has 0 saturated carbocycles. The van der Waals surface area contributed by atoms with Crippen molar-refractivity contribution in [1.82, 2.24) is 4.90 Å². The average molecular weight is 542 g/mol. The number of carbonyl (C=O) groups excluding carboxylic acids is 1. The quantitative estimate of drug-likeness (QED) is 0.239. The molecule has 0 aromatic heterocycles. The maximum absolute atomic E-state index is 14.1. The molecule has 6 heteroatoms. The van der Waals surface area contributed by atoms with Crippen molar-refractivity contribution >= 4 is 16.9 Å². The van der Waals surface area contributed by atoms with Crippen LogP contribution in [0.4, 0.5) is 9.18 Å². The van der Waals surface area contributed by atoms with E-state index >= 15 is 0 Å². The molecule has 0 N–H and O–H groups in total. The highest BCUT2D eigenvalue weighted by Crippen LogP contribution is 2.34. The van der Waals surface area contributed by atoms with E-state index < -0.39 is 5.60 Å². The minimum absolute atomic E-state index is 0.0522. The molecule has 40 heavy (non-hydrogen) atoms. The number of amides is 1. The standard InChI is InChI=1S/C34H36FNO4/c1-34(2,3)40-33(37)36-17-16-30(27-13-9-14-28(35)20-27)32(21-36)39-23-25-18-26-12-7-8-15-29(26)31(19-25)38-22-24-10-5-4-6-11-24/h4-15,18-20,30,32H,16-17,21-23H2,1-3H3. The Kier molecular flexibility index (Phi) is 8.36. The zero-order chi connectivity index (χ0) is 28.1. The highest BCUT2D eigenvalue weighted by molar-refractivity contribution is 5.89. The third-order valence-electron chi connectivity index (χ3n) is 7.07. The first-order valence-electron chi connectivity index (χ1n) is 13.8. The van der Waals surface area contributed by atoms with Crippen LogP contribution in [0.2, 0.25) is 0 Å². The lowest BCUT2D eigenvalue weighted by Crippen LogP contribution is -2.48. The van der Waals surface area contributed by atoms with Gasteiger partial charge in [-0.25, -0.2) is 9.18 Å². The van der Waals surface area contributed by atoms with Gasteiger partial charge in [-0.3, -0.25) is 0 Å². The van der Waals surface area contributed by atoms with Gasteiger partial charge in [0.1, 0.15) is 23.8 Å². The van der Waals surface area contributed by atoms with E-state index in [0.717, 1.165) is 33.2 Å². The summed E-state index contributed by atoms with van der Waals surface area (Å²) in [6.07, 6.45) is -0.0411. The molecule has 1 fully saturated rings. The Labute approximate surface area is 235 Å². The van der Waals surface area contributed by atoms with Gasteiger partial charge in [0.25, 0.3) is 0 Å². The Balaban J connectivity index is 1.37. The van der Waals surface area contributed by atoms with Gasteiger partial charge in [0.2, 0.25) is 0 Å². The van der Waals surface area contributed by atoms with E-state index in [0.29, 0.717) is 32.7 Å². The van der Waals surface area contributed by atoms with Crippen LogP contribution in [0.25, 0.3) is 10.8 Å². The lowest BCUT2D eigenvalue weighted by Gasteiger charge is -2.39. The molecule has 4 aromatic rings. The zero-order valence-corrected chi connectivity index (χ0v) is 23.3. The second-order valence-corrected chi connectivity index (χ2v) is 11.3. The van der Waals surface area contributed by atoms with E-state index in [1.54, 1.807) is 17.0 Å². The van der Waals surface area contributed by atoms with E-state index in [9.17, 15) is 9.18 Å². The van der Waals surface area contributed by atoms with Crippen LogP contribution in [0.1, 0.15) is 49.8 Å². The van der Waals surface area contributed by atoms with Crippen LogP contribution in [-0.4, -0.2) is 35.8 Å². The highest BCUT2D eigenvalue weighted by Gasteiger charge is 2.35. The number of carbonyl (C=O) groups is 1. The lowest BCUT2D eigenvalue weighted by molar-refractivity contribution is -0.0360. The molecule has 208 valence electrons. The van der Waals surface area contributed by atoms with Crippen LogP contribution in [0.15, 0.2) is 91.0 Å². The molecule has 1 heterocycles. The molecule has 0 aliphatic carbocycles. The summed E-state index contributed by atoms with van der Waals surface area (Å²) in [5.74, 6) is 0.463. The molecule has 2 atom stereocenters. The Hall–Kier alpha value is -3.90. The van der Waals surface area contributed by atoms with Crippen molar-refractivity contribution in [3.63, 3.8) is 0 Å². The van der Waals surface area contributed by atoms with Crippen molar-refractivity contribution < 1.29 is 23.4 Å². The van der Waals surface area contributed by atoms with Crippen LogP contribution in [0.3, 0.4) is 0 Å². The summed E-state index contributed by atoms with van der Waals surface area (Å²) in [6, 6.07) is 29.0. The normalized spacial score (nSPS) is 17.6. The van der Waals surface area contributed by atoms with Crippen LogP contribution < -0.4 is 4.74 Å². The molecule has 2 unspecified atom stereocenters. The Morgan fingerprint density at radius 1 is 0.900 bits per heavy atom. The smallest absolute Gasteiger partial charge is 0.410 e. The van der Waals surface area contributed by atoms with E-state index in [-0.39, 0.29) is 23.9 Å². The fourth-order valence-corrected chi connectivity index (χ4v) is 5.17. The first-order valence-corrected chi connectivity index (χ1v) is 13.8. The van der Waals surface area contributed by atoms with Crippen LogP contribution >= 0.6 is 0 Å². The maximum atomic E-state index is 14.1. The number of halogens is 1. The van der Waals surface area contributed by atoms with Crippen LogP contribution in [-0.2, 0) is 22.7 Å². The van der Waals surface area contributed by atoms with Gasteiger partial charge in [-0.2, -0.15) is 0 Å². The van der Waals surface area contributed by atoms with Gasteiger partial charge in [-0.15, -0.1) is 0 Å². The molecule has 1 amide bonds. The van der Waals surface area contributed by atoms with Gasteiger partial charge in [0.05, 0.1) is 19.3 Å². The Bertz CT molecular complexity index is 1450. The molecule has 4 aromatic carbocycles. The predicted octanol–water partition coefficient (Wildman–Crippen LogP) is 7.87. The molecule has 0 radical (unpaired) electrons. The fourth-order valence-electron chi connectivity index (χ4n) is 5.17. The number of benzene rings is 4. The molecule has 0 bridgehead atoms. The summed E-state index contributed by atoms with van der Waals surface area (Å²) in [6.45, 7) is 7.24. The minimum atomic E-state index is -0.589. The van der Waals surface area contributed by atoms with E-state index in [2.05, 4.69) is 18.2 Å². The molecule has 0 spiro atoms. The summed E-state index contributed by atoms with van der Waals surface area (Å²) in [4.78, 5) is 14.6. The zero-order valence-electron chi connectivity index (χ0n) is 23.3. The van der Waals surface area contributed by atoms with E-state index in [4.69, 9.17) is 14.2 Å². The van der Waals surface area contributed by atoms with Crippen LogP contribution in [0, 0.1) is 5.82 Å². The first-order chi connectivity index (χ1) is 19.2. The van der Waals surface area contributed by atoms with Gasteiger partial charge < -0.3 is 19.1 Å². The van der Waals surface area contributed by atoms with Crippen molar-refractivity contribution in [2.24, 2.45) is 0 Å². The van der Waals surface area contributed by atoms with Crippen molar-refractivity contribution in [2.45, 2.75) is 58.0 Å². The number of nitrogens with zero attached hydrogens (tertiary/aromatic N) is 1. The maximum Gasteiger partial charge on any atom is 0.410 e. The monoisotopic (exact) mass is 541 g/mol. The number of rotatable bonds is 7. The molecule has 5 rings (SSSR count). The number of ether oxygens (including phenoxy) is 3. The molecule has 1 aliphatic heterocycles. The Morgan fingerprint density at radius 2 is 1.68 bits per heavy atom. The van der Waals surface area contributed by atoms with Crippen molar-refractivity contribution in [1.29, 1.82) is 0 Å². The number of piperidine rings is 1. The van der Waals surface area contributed by atoms with Crippen molar-refractivity contribution in [2.75, 3.05) is 13.1 Å². The van der Waals surface area contributed by atoms with Gasteiger partial charge in [0, 0.05) is 17.8 Å². The fraction of sp³-hybridized carbons (Fsp3) is 0.324. The topological polar surface area (TPSA) is 48.0 Å². The van der Waals surface area contributed by atoms with Gasteiger partial charge in [0.15, 0.2) is 0 Å². The Morgan fingerprint density at radius 3 is 2.45 bits per heavy atom. The van der Waals surface area contributed by atoms with Gasteiger partial charge >= 0.3 is 6.09 Å². The predicted molar refractivity (Wildman–Crippen MR) is 155 cm³/mol. The number of fused-ring (bicyclic) bond motifs is 1. The summed E-state index contributed by atoms with van der Waals surface area (Å²) < 4.78 is 32.6. The number of hydrogen-bond donors (Lipinski definition) is 0. The van der Waals surface area contributed by atoms with Crippen LogP contribution in [0.5, 0.6) is 5.75 Å². The molecular weight excluding hydrogens is 505 g/mol. The van der Waals surface area contributed by atoms with E-state index in [1.807, 2.05) is 75.4 Å². The van der Waals surface area contributed by atoms with Gasteiger partial charge in [-0.05, 0) is 73.5 Å².